The molecule has 0 saturated heterocycles. The number of aliphatic imine (C=N–C) groups is 1. The Labute approximate surface area is 105 Å². The van der Waals surface area contributed by atoms with Crippen LogP contribution >= 0.6 is 0 Å². The highest BCUT2D eigenvalue weighted by Crippen LogP contribution is 2.42. The van der Waals surface area contributed by atoms with Gasteiger partial charge < -0.3 is 0 Å². The summed E-state index contributed by atoms with van der Waals surface area (Å²) >= 11 is 0. The van der Waals surface area contributed by atoms with E-state index in [4.69, 9.17) is 0 Å². The molecule has 0 spiro atoms. The molecule has 1 aliphatic rings. The molecule has 90 valence electrons. The summed E-state index contributed by atoms with van der Waals surface area (Å²) in [4.78, 5) is 23.3. The lowest BCUT2D eigenvalue weighted by Crippen LogP contribution is -2.18. The lowest BCUT2D eigenvalue weighted by atomic mass is 9.88. The number of aromatic nitrogens is 2. The Hall–Kier alpha value is -2.06. The average Bonchev–Trinajstić information content (AvgIpc) is 2.88. The van der Waals surface area contributed by atoms with Crippen LogP contribution in [0.1, 0.15) is 31.2 Å². The highest BCUT2D eigenvalue weighted by molar-refractivity contribution is 5.74. The van der Waals surface area contributed by atoms with Gasteiger partial charge in [0.2, 0.25) is 6.08 Å². The molecular formula is C14H13N3O. The molecule has 1 aliphatic carbocycles. The summed E-state index contributed by atoms with van der Waals surface area (Å²) < 4.78 is 0. The van der Waals surface area contributed by atoms with E-state index in [0.717, 1.165) is 42.3 Å². The second-order valence-electron chi connectivity index (χ2n) is 4.70. The molecule has 0 aliphatic heterocycles. The molecule has 0 unspecified atom stereocenters. The minimum atomic E-state index is -0.381. The largest absolute Gasteiger partial charge is 0.253 e. The van der Waals surface area contributed by atoms with Gasteiger partial charge in [-0.1, -0.05) is 18.9 Å². The summed E-state index contributed by atoms with van der Waals surface area (Å²) in [5.41, 5.74) is 2.39. The van der Waals surface area contributed by atoms with Crippen molar-refractivity contribution in [2.45, 2.75) is 31.2 Å². The van der Waals surface area contributed by atoms with Gasteiger partial charge in [-0.25, -0.2) is 4.79 Å². The second-order valence-corrected chi connectivity index (χ2v) is 4.70. The van der Waals surface area contributed by atoms with Gasteiger partial charge in [0, 0.05) is 12.4 Å². The molecule has 1 heterocycles. The van der Waals surface area contributed by atoms with Gasteiger partial charge in [0.05, 0.1) is 16.6 Å². The van der Waals surface area contributed by atoms with Crippen molar-refractivity contribution >= 4 is 17.1 Å². The Morgan fingerprint density at radius 3 is 2.56 bits per heavy atom. The lowest BCUT2D eigenvalue weighted by Gasteiger charge is -2.22. The molecule has 0 amide bonds. The predicted molar refractivity (Wildman–Crippen MR) is 67.8 cm³/mol. The number of benzene rings is 1. The molecule has 2 aromatic rings. The van der Waals surface area contributed by atoms with Crippen LogP contribution in [0.25, 0.3) is 11.0 Å². The minimum absolute atomic E-state index is 0.381. The SMILES string of the molecule is O=C=NC1(c2ccc3nccnc3c2)CCCC1. The van der Waals surface area contributed by atoms with Crippen LogP contribution in [0.5, 0.6) is 0 Å². The van der Waals surface area contributed by atoms with Gasteiger partial charge in [0.1, 0.15) is 0 Å². The fourth-order valence-electron chi connectivity index (χ4n) is 2.77. The number of hydrogen-bond donors (Lipinski definition) is 0. The number of carbonyl (C=O) groups excluding carboxylic acids is 1. The van der Waals surface area contributed by atoms with E-state index in [0.29, 0.717) is 0 Å². The minimum Gasteiger partial charge on any atom is -0.253 e. The molecule has 0 N–H and O–H groups in total. The molecule has 0 atom stereocenters. The molecule has 0 bridgehead atoms. The predicted octanol–water partition coefficient (Wildman–Crippen LogP) is 2.73. The zero-order valence-electron chi connectivity index (χ0n) is 9.97. The number of rotatable bonds is 2. The van der Waals surface area contributed by atoms with Crippen LogP contribution < -0.4 is 0 Å². The van der Waals surface area contributed by atoms with E-state index in [1.54, 1.807) is 18.5 Å². The van der Waals surface area contributed by atoms with E-state index in [1.807, 2.05) is 18.2 Å². The van der Waals surface area contributed by atoms with Crippen molar-refractivity contribution < 1.29 is 4.79 Å². The summed E-state index contributed by atoms with van der Waals surface area (Å²) in [7, 11) is 0. The third-order valence-electron chi connectivity index (χ3n) is 3.70. The lowest BCUT2D eigenvalue weighted by molar-refractivity contribution is 0.456. The maximum Gasteiger partial charge on any atom is 0.235 e. The van der Waals surface area contributed by atoms with Crippen LogP contribution in [0, 0.1) is 0 Å². The topological polar surface area (TPSA) is 55.2 Å². The smallest absolute Gasteiger partial charge is 0.235 e. The van der Waals surface area contributed by atoms with Gasteiger partial charge in [0.25, 0.3) is 0 Å². The Balaban J connectivity index is 2.15. The molecule has 4 heteroatoms. The van der Waals surface area contributed by atoms with Gasteiger partial charge in [-0.05, 0) is 30.5 Å². The Bertz CT molecular complexity index is 626. The number of nitrogens with zero attached hydrogens (tertiary/aromatic N) is 3. The summed E-state index contributed by atoms with van der Waals surface area (Å²) in [6.07, 6.45) is 9.11. The number of hydrogen-bond acceptors (Lipinski definition) is 4. The van der Waals surface area contributed by atoms with E-state index in [1.165, 1.54) is 0 Å². The summed E-state index contributed by atoms with van der Waals surface area (Å²) in [5.74, 6) is 0. The van der Waals surface area contributed by atoms with Crippen LogP contribution in [0.2, 0.25) is 0 Å². The van der Waals surface area contributed by atoms with Crippen LogP contribution in [-0.4, -0.2) is 16.0 Å². The molecule has 18 heavy (non-hydrogen) atoms. The van der Waals surface area contributed by atoms with Crippen LogP contribution in [0.4, 0.5) is 0 Å². The van der Waals surface area contributed by atoms with E-state index in [2.05, 4.69) is 15.0 Å². The number of isocyanates is 1. The standard InChI is InChI=1S/C14H13N3O/c18-10-17-14(5-1-2-6-14)11-3-4-12-13(9-11)16-8-7-15-12/h3-4,7-9H,1-2,5-6H2. The fraction of sp³-hybridized carbons (Fsp3) is 0.357. The quantitative estimate of drug-likeness (QED) is 0.598. The Morgan fingerprint density at radius 2 is 1.83 bits per heavy atom. The van der Waals surface area contributed by atoms with Gasteiger partial charge in [-0.3, -0.25) is 9.97 Å². The average molecular weight is 239 g/mol. The molecule has 1 fully saturated rings. The van der Waals surface area contributed by atoms with Crippen molar-refractivity contribution in [3.8, 4) is 0 Å². The van der Waals surface area contributed by atoms with Crippen LogP contribution in [0.15, 0.2) is 35.6 Å². The van der Waals surface area contributed by atoms with E-state index >= 15 is 0 Å². The van der Waals surface area contributed by atoms with E-state index in [9.17, 15) is 4.79 Å². The number of fused-ring (bicyclic) bond motifs is 1. The normalized spacial score (nSPS) is 17.6. The fourth-order valence-corrected chi connectivity index (χ4v) is 2.77. The van der Waals surface area contributed by atoms with Crippen molar-refractivity contribution in [1.82, 2.24) is 9.97 Å². The highest BCUT2D eigenvalue weighted by atomic mass is 16.1. The molecular weight excluding hydrogens is 226 g/mol. The third-order valence-corrected chi connectivity index (χ3v) is 3.70. The van der Waals surface area contributed by atoms with Crippen molar-refractivity contribution in [2.75, 3.05) is 0 Å². The summed E-state index contributed by atoms with van der Waals surface area (Å²) in [6.45, 7) is 0. The molecule has 1 aromatic heterocycles. The van der Waals surface area contributed by atoms with Crippen molar-refractivity contribution in [2.24, 2.45) is 4.99 Å². The Kier molecular flexibility index (Phi) is 2.65. The van der Waals surface area contributed by atoms with E-state index < -0.39 is 0 Å². The third kappa shape index (κ3) is 1.71. The van der Waals surface area contributed by atoms with Gasteiger partial charge in [-0.2, -0.15) is 4.99 Å². The monoisotopic (exact) mass is 239 g/mol. The van der Waals surface area contributed by atoms with Crippen molar-refractivity contribution in [3.05, 3.63) is 36.2 Å². The molecule has 4 nitrogen and oxygen atoms in total. The summed E-state index contributed by atoms with van der Waals surface area (Å²) in [5, 5.41) is 0. The van der Waals surface area contributed by atoms with Gasteiger partial charge in [-0.15, -0.1) is 0 Å². The Morgan fingerprint density at radius 1 is 1.11 bits per heavy atom. The first kappa shape index (κ1) is 11.1. The van der Waals surface area contributed by atoms with Crippen LogP contribution in [0.3, 0.4) is 0 Å². The van der Waals surface area contributed by atoms with Crippen LogP contribution in [-0.2, 0) is 10.3 Å². The summed E-state index contributed by atoms with van der Waals surface area (Å²) in [6, 6.07) is 5.94. The second kappa shape index (κ2) is 4.31. The highest BCUT2D eigenvalue weighted by Gasteiger charge is 2.35. The maximum atomic E-state index is 10.7. The first-order valence-corrected chi connectivity index (χ1v) is 6.14. The molecule has 3 rings (SSSR count). The zero-order chi connectivity index (χ0) is 12.4. The van der Waals surface area contributed by atoms with Gasteiger partial charge in [0.15, 0.2) is 0 Å². The zero-order valence-corrected chi connectivity index (χ0v) is 9.97. The molecule has 0 radical (unpaired) electrons. The van der Waals surface area contributed by atoms with E-state index in [-0.39, 0.29) is 5.54 Å². The maximum absolute atomic E-state index is 10.7. The molecule has 1 aromatic carbocycles. The van der Waals surface area contributed by atoms with Gasteiger partial charge >= 0.3 is 0 Å². The van der Waals surface area contributed by atoms with Crippen molar-refractivity contribution in [1.29, 1.82) is 0 Å². The van der Waals surface area contributed by atoms with Crippen molar-refractivity contribution in [3.63, 3.8) is 0 Å². The first-order valence-electron chi connectivity index (χ1n) is 6.14. The molecule has 1 saturated carbocycles. The first-order chi connectivity index (χ1) is 8.84.